The quantitative estimate of drug-likeness (QED) is 0.650. The average molecular weight is 390 g/mol. The first kappa shape index (κ1) is 21.5. The molecule has 0 saturated heterocycles. The van der Waals surface area contributed by atoms with Crippen molar-refractivity contribution >= 4 is 33.2 Å². The zero-order valence-corrected chi connectivity index (χ0v) is 17.6. The molecule has 27 heavy (non-hydrogen) atoms. The van der Waals surface area contributed by atoms with Crippen LogP contribution in [0.3, 0.4) is 0 Å². The minimum absolute atomic E-state index is 0.0697. The van der Waals surface area contributed by atoms with Crippen LogP contribution in [0, 0.1) is 18.8 Å². The van der Waals surface area contributed by atoms with E-state index in [1.807, 2.05) is 19.1 Å². The van der Waals surface area contributed by atoms with E-state index in [0.29, 0.717) is 25.3 Å². The van der Waals surface area contributed by atoms with Crippen molar-refractivity contribution in [3.8, 4) is 0 Å². The van der Waals surface area contributed by atoms with Gasteiger partial charge in [-0.25, -0.2) is 4.98 Å². The lowest BCUT2D eigenvalue weighted by Gasteiger charge is -2.25. The minimum Gasteiger partial charge on any atom is -0.352 e. The highest BCUT2D eigenvalue weighted by molar-refractivity contribution is 7.18. The van der Waals surface area contributed by atoms with E-state index in [1.54, 1.807) is 11.3 Å². The lowest BCUT2D eigenvalue weighted by Crippen LogP contribution is -2.47. The molecule has 1 aromatic heterocycles. The van der Waals surface area contributed by atoms with E-state index in [9.17, 15) is 9.59 Å². The van der Waals surface area contributed by atoms with Crippen molar-refractivity contribution in [3.63, 3.8) is 0 Å². The van der Waals surface area contributed by atoms with Gasteiger partial charge in [0.2, 0.25) is 5.91 Å². The van der Waals surface area contributed by atoms with Crippen molar-refractivity contribution < 1.29 is 9.59 Å². The Hall–Kier alpha value is -1.79. The van der Waals surface area contributed by atoms with Gasteiger partial charge in [-0.3, -0.25) is 9.59 Å². The Balaban J connectivity index is 2.19. The van der Waals surface area contributed by atoms with Gasteiger partial charge < -0.3 is 11.1 Å². The maximum atomic E-state index is 12.9. The molecule has 0 aliphatic carbocycles. The first-order valence-corrected chi connectivity index (χ1v) is 10.6. The summed E-state index contributed by atoms with van der Waals surface area (Å²) < 4.78 is 1.12. The highest BCUT2D eigenvalue weighted by Crippen LogP contribution is 2.26. The van der Waals surface area contributed by atoms with Crippen molar-refractivity contribution in [2.45, 2.75) is 59.4 Å². The number of benzene rings is 1. The van der Waals surface area contributed by atoms with Gasteiger partial charge in [0, 0.05) is 31.8 Å². The van der Waals surface area contributed by atoms with Crippen LogP contribution in [0.1, 0.15) is 50.6 Å². The smallest absolute Gasteiger partial charge is 0.224 e. The van der Waals surface area contributed by atoms with E-state index in [1.165, 1.54) is 5.56 Å². The topological polar surface area (TPSA) is 85.1 Å². The van der Waals surface area contributed by atoms with Crippen molar-refractivity contribution in [2.24, 2.45) is 17.6 Å². The maximum absolute atomic E-state index is 12.9. The zero-order chi connectivity index (χ0) is 20.0. The molecule has 0 unspecified atom stereocenters. The van der Waals surface area contributed by atoms with Crippen LogP contribution in [-0.2, 0) is 16.0 Å². The number of hydrogen-bond acceptors (Lipinski definition) is 5. The molecule has 1 amide bonds. The van der Waals surface area contributed by atoms with Crippen LogP contribution in [0.2, 0.25) is 0 Å². The molecule has 0 spiro atoms. The summed E-state index contributed by atoms with van der Waals surface area (Å²) in [6.45, 7) is 8.45. The molecule has 2 rings (SSSR count). The fraction of sp³-hybridized carbons (Fsp3) is 0.571. The Morgan fingerprint density at radius 1 is 1.30 bits per heavy atom. The largest absolute Gasteiger partial charge is 0.352 e. The first-order chi connectivity index (χ1) is 12.9. The van der Waals surface area contributed by atoms with Gasteiger partial charge >= 0.3 is 0 Å². The average Bonchev–Trinajstić information content (AvgIpc) is 3.05. The standard InChI is InChI=1S/C21H31N3O2S/c1-5-14(4)18(12-22)24-21(26)15(10-16(25)6-2)11-20-23-17-8-7-13(3)9-19(17)27-20/h7-9,14-15,18H,5-6,10-12,22H2,1-4H3,(H,24,26)/t14-,15-,18+/m0/s1. The minimum atomic E-state index is -0.405. The molecular weight excluding hydrogens is 358 g/mol. The summed E-state index contributed by atoms with van der Waals surface area (Å²) in [6, 6.07) is 6.08. The molecule has 0 radical (unpaired) electrons. The van der Waals surface area contributed by atoms with Gasteiger partial charge in [-0.15, -0.1) is 11.3 Å². The highest BCUT2D eigenvalue weighted by Gasteiger charge is 2.26. The van der Waals surface area contributed by atoms with Gasteiger partial charge in [0.05, 0.1) is 21.1 Å². The van der Waals surface area contributed by atoms with Gasteiger partial charge in [0.15, 0.2) is 0 Å². The van der Waals surface area contributed by atoms with E-state index in [0.717, 1.165) is 21.6 Å². The Kier molecular flexibility index (Phi) is 7.92. The van der Waals surface area contributed by atoms with Gasteiger partial charge in [-0.2, -0.15) is 0 Å². The Labute approximate surface area is 165 Å². The van der Waals surface area contributed by atoms with Crippen molar-refractivity contribution in [3.05, 3.63) is 28.8 Å². The van der Waals surface area contributed by atoms with E-state index >= 15 is 0 Å². The van der Waals surface area contributed by atoms with Crippen LogP contribution in [-0.4, -0.2) is 29.3 Å². The Bertz CT molecular complexity index is 787. The van der Waals surface area contributed by atoms with E-state index in [2.05, 4.69) is 37.1 Å². The van der Waals surface area contributed by atoms with Crippen LogP contribution in [0.25, 0.3) is 10.2 Å². The fourth-order valence-corrected chi connectivity index (χ4v) is 4.22. The SMILES string of the molecule is CCC(=O)C[C@@H](Cc1nc2ccc(C)cc2s1)C(=O)N[C@H](CN)[C@@H](C)CC. The molecule has 2 aromatic rings. The summed E-state index contributed by atoms with van der Waals surface area (Å²) >= 11 is 1.60. The number of amides is 1. The summed E-state index contributed by atoms with van der Waals surface area (Å²) in [5.41, 5.74) is 7.98. The number of carbonyl (C=O) groups is 2. The number of ketones is 1. The molecular formula is C21H31N3O2S. The molecule has 5 nitrogen and oxygen atoms in total. The second-order valence-corrected chi connectivity index (χ2v) is 8.43. The number of thiazole rings is 1. The monoisotopic (exact) mass is 389 g/mol. The number of aromatic nitrogens is 1. The number of nitrogens with zero attached hydrogens (tertiary/aromatic N) is 1. The van der Waals surface area contributed by atoms with Crippen molar-refractivity contribution in [1.82, 2.24) is 10.3 Å². The maximum Gasteiger partial charge on any atom is 0.224 e. The summed E-state index contributed by atoms with van der Waals surface area (Å²) in [7, 11) is 0. The van der Waals surface area contributed by atoms with E-state index in [4.69, 9.17) is 5.73 Å². The third kappa shape index (κ3) is 5.84. The molecule has 0 bridgehead atoms. The number of hydrogen-bond donors (Lipinski definition) is 2. The first-order valence-electron chi connectivity index (χ1n) is 9.76. The third-order valence-corrected chi connectivity index (χ3v) is 6.20. The number of aryl methyl sites for hydroxylation is 1. The molecule has 1 heterocycles. The van der Waals surface area contributed by atoms with Gasteiger partial charge in [0.1, 0.15) is 5.78 Å². The molecule has 0 fully saturated rings. The molecule has 0 aliphatic heterocycles. The number of nitrogens with one attached hydrogen (secondary N) is 1. The molecule has 6 heteroatoms. The molecule has 0 saturated carbocycles. The van der Waals surface area contributed by atoms with Crippen LogP contribution >= 0.6 is 11.3 Å². The van der Waals surface area contributed by atoms with Crippen molar-refractivity contribution in [2.75, 3.05) is 6.54 Å². The van der Waals surface area contributed by atoms with Crippen LogP contribution in [0.5, 0.6) is 0 Å². The van der Waals surface area contributed by atoms with Gasteiger partial charge in [0.25, 0.3) is 0 Å². The van der Waals surface area contributed by atoms with Crippen LogP contribution in [0.4, 0.5) is 0 Å². The molecule has 148 valence electrons. The number of carbonyl (C=O) groups excluding carboxylic acids is 2. The lowest BCUT2D eigenvalue weighted by atomic mass is 9.94. The van der Waals surface area contributed by atoms with Gasteiger partial charge in [-0.1, -0.05) is 33.3 Å². The lowest BCUT2D eigenvalue weighted by molar-refractivity contribution is -0.130. The zero-order valence-electron chi connectivity index (χ0n) is 16.7. The number of rotatable bonds is 10. The van der Waals surface area contributed by atoms with E-state index < -0.39 is 5.92 Å². The molecule has 0 aliphatic rings. The fourth-order valence-electron chi connectivity index (χ4n) is 3.07. The molecule has 3 atom stereocenters. The predicted molar refractivity (Wildman–Crippen MR) is 112 cm³/mol. The predicted octanol–water partition coefficient (Wildman–Crippen LogP) is 3.62. The normalized spacial score (nSPS) is 14.7. The van der Waals surface area contributed by atoms with Crippen molar-refractivity contribution in [1.29, 1.82) is 0 Å². The second kappa shape index (κ2) is 9.95. The summed E-state index contributed by atoms with van der Waals surface area (Å²) in [5.74, 6) is -0.105. The summed E-state index contributed by atoms with van der Waals surface area (Å²) in [5, 5.41) is 3.97. The molecule has 1 aromatic carbocycles. The van der Waals surface area contributed by atoms with E-state index in [-0.39, 0.29) is 24.2 Å². The molecule has 3 N–H and O–H groups in total. The van der Waals surface area contributed by atoms with Gasteiger partial charge in [-0.05, 0) is 30.5 Å². The Morgan fingerprint density at radius 2 is 2.04 bits per heavy atom. The summed E-state index contributed by atoms with van der Waals surface area (Å²) in [4.78, 5) is 29.6. The number of nitrogens with two attached hydrogens (primary N) is 1. The highest BCUT2D eigenvalue weighted by atomic mass is 32.1. The summed E-state index contributed by atoms with van der Waals surface area (Å²) in [6.07, 6.45) is 2.11. The third-order valence-electron chi connectivity index (χ3n) is 5.16. The van der Waals surface area contributed by atoms with Crippen LogP contribution in [0.15, 0.2) is 18.2 Å². The second-order valence-electron chi connectivity index (χ2n) is 7.31. The Morgan fingerprint density at radius 3 is 2.67 bits per heavy atom. The van der Waals surface area contributed by atoms with Crippen LogP contribution < -0.4 is 11.1 Å². The number of Topliss-reactive ketones (excluding diaryl/α,β-unsaturated/α-hetero) is 1. The number of fused-ring (bicyclic) bond motifs is 1.